The van der Waals surface area contributed by atoms with E-state index in [0.717, 1.165) is 49.6 Å². The van der Waals surface area contributed by atoms with Crippen LogP contribution in [0.5, 0.6) is 0 Å². The fourth-order valence-corrected chi connectivity index (χ4v) is 3.47. The van der Waals surface area contributed by atoms with E-state index in [4.69, 9.17) is 0 Å². The van der Waals surface area contributed by atoms with Crippen LogP contribution in [-0.4, -0.2) is 45.8 Å². The smallest absolute Gasteiger partial charge is 0.225 e. The Labute approximate surface area is 142 Å². The van der Waals surface area contributed by atoms with E-state index >= 15 is 0 Å². The molecule has 2 aliphatic rings. The highest BCUT2D eigenvalue weighted by Gasteiger charge is 2.19. The van der Waals surface area contributed by atoms with Gasteiger partial charge in [0.25, 0.3) is 0 Å². The molecule has 4 rings (SSSR count). The van der Waals surface area contributed by atoms with E-state index in [2.05, 4.69) is 31.2 Å². The lowest BCUT2D eigenvalue weighted by molar-refractivity contribution is 0.145. The largest absolute Gasteiger partial charge is 0.393 e. The molecule has 2 aromatic heterocycles. The van der Waals surface area contributed by atoms with Crippen molar-refractivity contribution in [3.05, 3.63) is 36.4 Å². The Hall–Kier alpha value is -2.05. The van der Waals surface area contributed by atoms with Crippen molar-refractivity contribution in [3.8, 4) is 11.1 Å². The third kappa shape index (κ3) is 3.25. The van der Waals surface area contributed by atoms with Crippen LogP contribution >= 0.6 is 0 Å². The molecule has 126 valence electrons. The molecule has 1 unspecified atom stereocenters. The zero-order chi connectivity index (χ0) is 16.4. The summed E-state index contributed by atoms with van der Waals surface area (Å²) in [6.07, 6.45) is 11.3. The molecular formula is C18H23N5O. The molecule has 6 nitrogen and oxygen atoms in total. The third-order valence-corrected chi connectivity index (χ3v) is 4.94. The van der Waals surface area contributed by atoms with Crippen molar-refractivity contribution < 1.29 is 5.11 Å². The summed E-state index contributed by atoms with van der Waals surface area (Å²) < 4.78 is 0. The molecule has 0 aromatic carbocycles. The minimum absolute atomic E-state index is 0.182. The predicted octanol–water partition coefficient (Wildman–Crippen LogP) is 1.92. The topological polar surface area (TPSA) is 74.2 Å². The lowest BCUT2D eigenvalue weighted by Gasteiger charge is -2.29. The highest BCUT2D eigenvalue weighted by atomic mass is 16.3. The van der Waals surface area contributed by atoms with Gasteiger partial charge in [0.1, 0.15) is 0 Å². The minimum atomic E-state index is -0.182. The highest BCUT2D eigenvalue weighted by Crippen LogP contribution is 2.26. The van der Waals surface area contributed by atoms with Crippen LogP contribution in [-0.2, 0) is 0 Å². The molecule has 2 fully saturated rings. The van der Waals surface area contributed by atoms with Gasteiger partial charge >= 0.3 is 0 Å². The molecule has 1 atom stereocenters. The summed E-state index contributed by atoms with van der Waals surface area (Å²) in [7, 11) is 0. The molecule has 24 heavy (non-hydrogen) atoms. The Morgan fingerprint density at radius 3 is 2.50 bits per heavy atom. The van der Waals surface area contributed by atoms with Gasteiger partial charge in [0.05, 0.1) is 6.10 Å². The first-order chi connectivity index (χ1) is 11.8. The Kier molecular flexibility index (Phi) is 4.40. The summed E-state index contributed by atoms with van der Waals surface area (Å²) in [6.45, 7) is 2.70. The first kappa shape index (κ1) is 15.5. The van der Waals surface area contributed by atoms with Gasteiger partial charge in [-0.3, -0.25) is 4.98 Å². The number of aromatic nitrogens is 3. The number of pyridine rings is 1. The Balaban J connectivity index is 1.51. The fraction of sp³-hybridized carbons (Fsp3) is 0.500. The van der Waals surface area contributed by atoms with Crippen molar-refractivity contribution >= 4 is 5.95 Å². The number of anilines is 1. The molecule has 2 aliphatic heterocycles. The Bertz CT molecular complexity index is 676. The van der Waals surface area contributed by atoms with E-state index in [1.165, 1.54) is 18.4 Å². The van der Waals surface area contributed by atoms with E-state index in [1.54, 1.807) is 0 Å². The molecule has 2 aromatic rings. The predicted molar refractivity (Wildman–Crippen MR) is 92.7 cm³/mol. The van der Waals surface area contributed by atoms with E-state index in [-0.39, 0.29) is 6.10 Å². The van der Waals surface area contributed by atoms with Gasteiger partial charge in [-0.25, -0.2) is 9.97 Å². The van der Waals surface area contributed by atoms with Crippen LogP contribution in [0.4, 0.5) is 5.95 Å². The van der Waals surface area contributed by atoms with Crippen molar-refractivity contribution in [1.82, 2.24) is 20.3 Å². The van der Waals surface area contributed by atoms with Gasteiger partial charge in [0, 0.05) is 55.0 Å². The molecule has 2 saturated heterocycles. The third-order valence-electron chi connectivity index (χ3n) is 4.94. The average Bonchev–Trinajstić information content (AvgIpc) is 3.17. The summed E-state index contributed by atoms with van der Waals surface area (Å²) in [5.74, 6) is 0.743. The highest BCUT2D eigenvalue weighted by molar-refractivity contribution is 5.62. The number of nitrogens with one attached hydrogen (secondary N) is 1. The maximum Gasteiger partial charge on any atom is 0.225 e. The summed E-state index contributed by atoms with van der Waals surface area (Å²) in [6, 6.07) is 2.60. The zero-order valence-corrected chi connectivity index (χ0v) is 13.7. The number of rotatable bonds is 3. The first-order valence-electron chi connectivity index (χ1n) is 8.73. The molecule has 4 heterocycles. The number of aliphatic hydroxyl groups is 1. The normalized spacial score (nSPS) is 22.0. The van der Waals surface area contributed by atoms with Gasteiger partial charge < -0.3 is 15.3 Å². The van der Waals surface area contributed by atoms with Crippen LogP contribution < -0.4 is 10.2 Å². The van der Waals surface area contributed by atoms with Crippen LogP contribution in [0.1, 0.15) is 37.3 Å². The Morgan fingerprint density at radius 1 is 1.00 bits per heavy atom. The van der Waals surface area contributed by atoms with Crippen molar-refractivity contribution in [2.24, 2.45) is 0 Å². The molecule has 6 heteroatoms. The maximum atomic E-state index is 9.60. The van der Waals surface area contributed by atoms with Gasteiger partial charge in [-0.2, -0.15) is 0 Å². The Morgan fingerprint density at radius 2 is 1.79 bits per heavy atom. The average molecular weight is 325 g/mol. The molecule has 0 aliphatic carbocycles. The second-order valence-electron chi connectivity index (χ2n) is 6.65. The van der Waals surface area contributed by atoms with Crippen molar-refractivity contribution in [2.45, 2.75) is 37.8 Å². The van der Waals surface area contributed by atoms with E-state index < -0.39 is 0 Å². The SMILES string of the molecule is OC1CCN(c2ncc(-c3cncc(C4CCCN4)c3)cn2)CC1. The number of piperidine rings is 1. The second-order valence-corrected chi connectivity index (χ2v) is 6.65. The van der Waals surface area contributed by atoms with Crippen molar-refractivity contribution in [3.63, 3.8) is 0 Å². The molecular weight excluding hydrogens is 302 g/mol. The van der Waals surface area contributed by atoms with E-state index in [9.17, 15) is 5.11 Å². The van der Waals surface area contributed by atoms with Crippen molar-refractivity contribution in [1.29, 1.82) is 0 Å². The molecule has 0 amide bonds. The molecule has 0 bridgehead atoms. The molecule has 0 radical (unpaired) electrons. The van der Waals surface area contributed by atoms with Crippen LogP contribution in [0.15, 0.2) is 30.9 Å². The number of hydrogen-bond acceptors (Lipinski definition) is 6. The number of hydrogen-bond donors (Lipinski definition) is 2. The monoisotopic (exact) mass is 325 g/mol. The van der Waals surface area contributed by atoms with Gasteiger partial charge in [-0.1, -0.05) is 0 Å². The summed E-state index contributed by atoms with van der Waals surface area (Å²) in [4.78, 5) is 15.6. The van der Waals surface area contributed by atoms with Crippen LogP contribution in [0, 0.1) is 0 Å². The van der Waals surface area contributed by atoms with Crippen LogP contribution in [0.2, 0.25) is 0 Å². The quantitative estimate of drug-likeness (QED) is 0.898. The lowest BCUT2D eigenvalue weighted by atomic mass is 10.0. The fourth-order valence-electron chi connectivity index (χ4n) is 3.47. The first-order valence-corrected chi connectivity index (χ1v) is 8.73. The maximum absolute atomic E-state index is 9.60. The van der Waals surface area contributed by atoms with E-state index in [0.29, 0.717) is 6.04 Å². The summed E-state index contributed by atoms with van der Waals surface area (Å²) in [5.41, 5.74) is 3.28. The second kappa shape index (κ2) is 6.83. The molecule has 0 saturated carbocycles. The van der Waals surface area contributed by atoms with Gasteiger partial charge in [-0.15, -0.1) is 0 Å². The number of aliphatic hydroxyl groups excluding tert-OH is 1. The minimum Gasteiger partial charge on any atom is -0.393 e. The molecule has 2 N–H and O–H groups in total. The van der Waals surface area contributed by atoms with E-state index in [1.807, 2.05) is 24.8 Å². The van der Waals surface area contributed by atoms with Crippen LogP contribution in [0.3, 0.4) is 0 Å². The lowest BCUT2D eigenvalue weighted by Crippen LogP contribution is -2.36. The summed E-state index contributed by atoms with van der Waals surface area (Å²) >= 11 is 0. The standard InChI is InChI=1S/C18H23N5O/c24-16-3-6-23(7-4-16)18-21-11-15(12-22-18)13-8-14(10-19-9-13)17-2-1-5-20-17/h8-12,16-17,20,24H,1-7H2. The van der Waals surface area contributed by atoms with Gasteiger partial charge in [-0.05, 0) is 43.9 Å². The zero-order valence-electron chi connectivity index (χ0n) is 13.7. The van der Waals surface area contributed by atoms with Crippen molar-refractivity contribution in [2.75, 3.05) is 24.5 Å². The van der Waals surface area contributed by atoms with Crippen LogP contribution in [0.25, 0.3) is 11.1 Å². The molecule has 0 spiro atoms. The van der Waals surface area contributed by atoms with Gasteiger partial charge in [0.15, 0.2) is 0 Å². The number of nitrogens with zero attached hydrogens (tertiary/aromatic N) is 4. The van der Waals surface area contributed by atoms with Gasteiger partial charge in [0.2, 0.25) is 5.95 Å². The summed E-state index contributed by atoms with van der Waals surface area (Å²) in [5, 5.41) is 13.1.